The molecule has 0 bridgehead atoms. The number of carboxylic acid groups (broad SMARTS) is 1. The van der Waals surface area contributed by atoms with Gasteiger partial charge in [-0.25, -0.2) is 14.8 Å². The second-order valence-electron chi connectivity index (χ2n) is 11.7. The third kappa shape index (κ3) is 3.74. The summed E-state index contributed by atoms with van der Waals surface area (Å²) in [6, 6.07) is 5.89. The molecule has 2 aliphatic rings. The van der Waals surface area contributed by atoms with Crippen LogP contribution in [0.25, 0.3) is 44.1 Å². The topological polar surface area (TPSA) is 119 Å². The molecule has 2 saturated heterocycles. The predicted octanol–water partition coefficient (Wildman–Crippen LogP) is 4.55. The molecule has 5 aromatic rings. The molecule has 3 N–H and O–H groups in total. The van der Waals surface area contributed by atoms with Gasteiger partial charge in [0.05, 0.1) is 27.7 Å². The first-order valence-electron chi connectivity index (χ1n) is 13.6. The molecule has 2 atom stereocenters. The van der Waals surface area contributed by atoms with Gasteiger partial charge in [-0.1, -0.05) is 18.5 Å². The van der Waals surface area contributed by atoms with Gasteiger partial charge in [-0.2, -0.15) is 0 Å². The van der Waals surface area contributed by atoms with Crippen LogP contribution in [0.15, 0.2) is 41.6 Å². The maximum atomic E-state index is 13.2. The van der Waals surface area contributed by atoms with Crippen LogP contribution in [0, 0.1) is 5.41 Å². The molecule has 7 rings (SSSR count). The molecule has 0 saturated carbocycles. The first kappa shape index (κ1) is 25.8. The number of aryl methyl sites for hydroxylation is 1. The van der Waals surface area contributed by atoms with Gasteiger partial charge < -0.3 is 29.8 Å². The Balaban J connectivity index is 1.56. The van der Waals surface area contributed by atoms with Gasteiger partial charge in [0.25, 0.3) is 0 Å². The number of rotatable bonds is 4. The minimum atomic E-state index is -1.26. The maximum absolute atomic E-state index is 13.2. The van der Waals surface area contributed by atoms with Gasteiger partial charge in [-0.3, -0.25) is 4.79 Å². The lowest BCUT2D eigenvalue weighted by atomic mass is 9.85. The molecule has 6 heterocycles. The standard InChI is InChI=1S/C30H30ClN7O3/c1-30-5-6-38(22(30)13-36(3)14-30)25-19(11-33-27-23(25)17-8-16(31)9-21(32-2)24(17)35-27)15-7-18-26(39)20(29(40)41)12-37(4)28(18)34-10-15/h7-12,22,32H,5-6,13-14H2,1-4H3,(H,33,35)(H,40,41)/t22-,30+/m1/s1. The van der Waals surface area contributed by atoms with Crippen molar-refractivity contribution in [2.45, 2.75) is 19.4 Å². The Labute approximate surface area is 240 Å². The molecule has 4 aromatic heterocycles. The Morgan fingerprint density at radius 1 is 1.20 bits per heavy atom. The van der Waals surface area contributed by atoms with Crippen molar-refractivity contribution in [1.29, 1.82) is 0 Å². The Kier molecular flexibility index (Phi) is 5.61. The lowest BCUT2D eigenvalue weighted by Gasteiger charge is -2.32. The van der Waals surface area contributed by atoms with Crippen LogP contribution in [0.3, 0.4) is 0 Å². The fourth-order valence-corrected chi connectivity index (χ4v) is 7.32. The predicted molar refractivity (Wildman–Crippen MR) is 162 cm³/mol. The Bertz CT molecular complexity index is 1980. The van der Waals surface area contributed by atoms with E-state index in [4.69, 9.17) is 16.6 Å². The third-order valence-corrected chi connectivity index (χ3v) is 9.22. The average molecular weight is 572 g/mol. The summed E-state index contributed by atoms with van der Waals surface area (Å²) < 4.78 is 1.58. The van der Waals surface area contributed by atoms with E-state index in [-0.39, 0.29) is 22.4 Å². The summed E-state index contributed by atoms with van der Waals surface area (Å²) in [6.45, 7) is 5.19. The molecule has 11 heteroatoms. The number of aromatic nitrogens is 4. The highest BCUT2D eigenvalue weighted by atomic mass is 35.5. The number of carbonyl (C=O) groups is 1. The van der Waals surface area contributed by atoms with Crippen molar-refractivity contribution in [3.05, 3.63) is 57.6 Å². The van der Waals surface area contributed by atoms with Crippen LogP contribution in [0.5, 0.6) is 0 Å². The first-order chi connectivity index (χ1) is 19.6. The normalized spacial score (nSPS) is 20.9. The molecule has 1 aromatic carbocycles. The van der Waals surface area contributed by atoms with Crippen molar-refractivity contribution in [1.82, 2.24) is 24.4 Å². The summed E-state index contributed by atoms with van der Waals surface area (Å²) in [6.07, 6.45) is 5.94. The highest BCUT2D eigenvalue weighted by Crippen LogP contribution is 2.50. The van der Waals surface area contributed by atoms with Gasteiger partial charge in [-0.15, -0.1) is 0 Å². The zero-order valence-corrected chi connectivity index (χ0v) is 24.0. The van der Waals surface area contributed by atoms with Crippen molar-refractivity contribution >= 4 is 61.9 Å². The fraction of sp³-hybridized carbons (Fsp3) is 0.333. The van der Waals surface area contributed by atoms with Crippen LogP contribution in [-0.4, -0.2) is 75.3 Å². The van der Waals surface area contributed by atoms with E-state index in [0.29, 0.717) is 16.2 Å². The highest BCUT2D eigenvalue weighted by molar-refractivity contribution is 6.33. The number of hydrogen-bond donors (Lipinski definition) is 3. The summed E-state index contributed by atoms with van der Waals surface area (Å²) >= 11 is 6.61. The second kappa shape index (κ2) is 8.92. The molecule has 0 amide bonds. The SMILES string of the molecule is CNc1cc(Cl)cc2c1[nH]c1ncc(-c3cnc4c(c3)c(=O)c(C(=O)O)cn4C)c(N3CC[C@@]4(C)CN(C)C[C@@H]34)c12. The van der Waals surface area contributed by atoms with Crippen LogP contribution in [0.1, 0.15) is 23.7 Å². The number of hydrogen-bond acceptors (Lipinski definition) is 7. The fourth-order valence-electron chi connectivity index (χ4n) is 7.10. The minimum absolute atomic E-state index is 0.134. The average Bonchev–Trinajstić information content (AvgIpc) is 3.56. The number of H-pyrrole nitrogens is 1. The third-order valence-electron chi connectivity index (χ3n) is 9.00. The number of pyridine rings is 3. The van der Waals surface area contributed by atoms with Crippen molar-refractivity contribution in [3.8, 4) is 11.1 Å². The van der Waals surface area contributed by atoms with Crippen molar-refractivity contribution < 1.29 is 9.90 Å². The molecule has 10 nitrogen and oxygen atoms in total. The summed E-state index contributed by atoms with van der Waals surface area (Å²) in [5.41, 5.74) is 4.80. The zero-order chi connectivity index (χ0) is 28.8. The number of halogens is 1. The van der Waals surface area contributed by atoms with Crippen molar-refractivity contribution in [2.24, 2.45) is 12.5 Å². The molecule has 210 valence electrons. The molecule has 0 radical (unpaired) electrons. The van der Waals surface area contributed by atoms with E-state index >= 15 is 0 Å². The van der Waals surface area contributed by atoms with E-state index in [0.717, 1.165) is 64.9 Å². The Morgan fingerprint density at radius 2 is 2.00 bits per heavy atom. The van der Waals surface area contributed by atoms with Gasteiger partial charge in [0, 0.05) is 85.3 Å². The van der Waals surface area contributed by atoms with E-state index < -0.39 is 11.4 Å². The molecule has 0 spiro atoms. The lowest BCUT2D eigenvalue weighted by Crippen LogP contribution is -2.38. The number of aromatic carboxylic acids is 1. The van der Waals surface area contributed by atoms with Crippen molar-refractivity contribution in [2.75, 3.05) is 43.9 Å². The lowest BCUT2D eigenvalue weighted by molar-refractivity contribution is 0.0695. The molecular formula is C30H30ClN7O3. The number of likely N-dealkylation sites (N-methyl/N-ethyl adjacent to an activating group) is 1. The minimum Gasteiger partial charge on any atom is -0.477 e. The molecule has 0 unspecified atom stereocenters. The van der Waals surface area contributed by atoms with Crippen LogP contribution in [-0.2, 0) is 7.05 Å². The second-order valence-corrected chi connectivity index (χ2v) is 12.1. The van der Waals surface area contributed by atoms with Gasteiger partial charge in [-0.05, 0) is 31.7 Å². The number of nitrogens with one attached hydrogen (secondary N) is 2. The molecular weight excluding hydrogens is 542 g/mol. The number of fused-ring (bicyclic) bond motifs is 5. The zero-order valence-electron chi connectivity index (χ0n) is 23.2. The van der Waals surface area contributed by atoms with Crippen LogP contribution >= 0.6 is 11.6 Å². The maximum Gasteiger partial charge on any atom is 0.341 e. The van der Waals surface area contributed by atoms with Crippen LogP contribution in [0.4, 0.5) is 11.4 Å². The summed E-state index contributed by atoms with van der Waals surface area (Å²) in [5.74, 6) is -1.26. The summed E-state index contributed by atoms with van der Waals surface area (Å²) in [7, 11) is 5.72. The molecule has 41 heavy (non-hydrogen) atoms. The van der Waals surface area contributed by atoms with Crippen LogP contribution < -0.4 is 15.6 Å². The summed E-state index contributed by atoms with van der Waals surface area (Å²) in [4.78, 5) is 42.9. The number of nitrogens with zero attached hydrogens (tertiary/aromatic N) is 5. The van der Waals surface area contributed by atoms with Gasteiger partial charge in [0.1, 0.15) is 16.9 Å². The van der Waals surface area contributed by atoms with E-state index in [2.05, 4.69) is 39.1 Å². The largest absolute Gasteiger partial charge is 0.477 e. The monoisotopic (exact) mass is 571 g/mol. The van der Waals surface area contributed by atoms with E-state index in [9.17, 15) is 14.7 Å². The number of likely N-dealkylation sites (tertiary alicyclic amines) is 1. The number of anilines is 2. The smallest absolute Gasteiger partial charge is 0.341 e. The molecule has 0 aliphatic carbocycles. The number of aromatic amines is 1. The van der Waals surface area contributed by atoms with E-state index in [1.807, 2.05) is 25.4 Å². The number of benzene rings is 1. The number of carboxylic acids is 1. The van der Waals surface area contributed by atoms with E-state index in [1.54, 1.807) is 23.9 Å². The highest BCUT2D eigenvalue weighted by Gasteiger charge is 2.50. The summed E-state index contributed by atoms with van der Waals surface area (Å²) in [5, 5.41) is 15.7. The Hall–Kier alpha value is -4.15. The van der Waals surface area contributed by atoms with E-state index in [1.165, 1.54) is 6.20 Å². The Morgan fingerprint density at radius 3 is 2.76 bits per heavy atom. The first-order valence-corrected chi connectivity index (χ1v) is 14.0. The van der Waals surface area contributed by atoms with Crippen LogP contribution in [0.2, 0.25) is 5.02 Å². The van der Waals surface area contributed by atoms with Crippen molar-refractivity contribution in [3.63, 3.8) is 0 Å². The van der Waals surface area contributed by atoms with Gasteiger partial charge >= 0.3 is 5.97 Å². The molecule has 2 fully saturated rings. The molecule has 2 aliphatic heterocycles. The quantitative estimate of drug-likeness (QED) is 0.287. The van der Waals surface area contributed by atoms with Gasteiger partial charge in [0.15, 0.2) is 0 Å². The van der Waals surface area contributed by atoms with Gasteiger partial charge in [0.2, 0.25) is 5.43 Å².